The number of para-hydroxylation sites is 1. The van der Waals surface area contributed by atoms with Crippen molar-refractivity contribution in [2.45, 2.75) is 6.17 Å². The van der Waals surface area contributed by atoms with Gasteiger partial charge in [0, 0.05) is 28.7 Å². The van der Waals surface area contributed by atoms with E-state index >= 15 is 0 Å². The average Bonchev–Trinajstić information content (AvgIpc) is 3.08. The van der Waals surface area contributed by atoms with Gasteiger partial charge in [0.1, 0.15) is 5.75 Å². The fourth-order valence-corrected chi connectivity index (χ4v) is 3.21. The minimum atomic E-state index is -0.449. The zero-order valence-corrected chi connectivity index (χ0v) is 12.6. The Morgan fingerprint density at radius 3 is 1.88 bits per heavy atom. The van der Waals surface area contributed by atoms with Crippen molar-refractivity contribution in [3.8, 4) is 5.75 Å². The Kier molecular flexibility index (Phi) is 2.64. The summed E-state index contributed by atoms with van der Waals surface area (Å²) in [6.07, 6.45) is 3.07. The molecule has 0 amide bonds. The van der Waals surface area contributed by atoms with E-state index in [0.29, 0.717) is 5.56 Å². The van der Waals surface area contributed by atoms with Gasteiger partial charge in [-0.2, -0.15) is 0 Å². The molecule has 1 aliphatic heterocycles. The van der Waals surface area contributed by atoms with E-state index in [4.69, 9.17) is 9.98 Å². The third-order valence-electron chi connectivity index (χ3n) is 4.29. The van der Waals surface area contributed by atoms with Gasteiger partial charge in [0.05, 0.1) is 21.7 Å². The number of phenolic OH excluding ortho intramolecular Hbond substituents is 1. The van der Waals surface area contributed by atoms with Gasteiger partial charge in [-0.25, -0.2) is 0 Å². The van der Waals surface area contributed by atoms with Crippen molar-refractivity contribution < 1.29 is 5.11 Å². The van der Waals surface area contributed by atoms with Crippen LogP contribution in [0, 0.1) is 0 Å². The van der Waals surface area contributed by atoms with Gasteiger partial charge in [-0.1, -0.05) is 18.2 Å². The molecule has 0 fully saturated rings. The lowest BCUT2D eigenvalue weighted by Gasteiger charge is -2.06. The van der Waals surface area contributed by atoms with Crippen molar-refractivity contribution in [2.75, 3.05) is 0 Å². The topological polar surface area (TPSA) is 70.7 Å². The molecular weight excluding hydrogens is 300 g/mol. The molecule has 114 valence electrons. The summed E-state index contributed by atoms with van der Waals surface area (Å²) in [4.78, 5) is 18.5. The van der Waals surface area contributed by atoms with E-state index in [1.165, 1.54) is 0 Å². The van der Waals surface area contributed by atoms with Crippen molar-refractivity contribution in [1.29, 1.82) is 0 Å². The number of phenols is 1. The molecule has 0 bridgehead atoms. The first-order valence-corrected chi connectivity index (χ1v) is 7.68. The van der Waals surface area contributed by atoms with E-state index in [-0.39, 0.29) is 5.75 Å². The number of benzene rings is 2. The third-order valence-corrected chi connectivity index (χ3v) is 4.29. The van der Waals surface area contributed by atoms with Gasteiger partial charge in [0.15, 0.2) is 6.17 Å². The highest BCUT2D eigenvalue weighted by atomic mass is 16.3. The van der Waals surface area contributed by atoms with Crippen LogP contribution in [0.5, 0.6) is 5.75 Å². The van der Waals surface area contributed by atoms with E-state index in [9.17, 15) is 5.11 Å². The fraction of sp³-hybridized carbons (Fsp3) is 0.0526. The summed E-state index contributed by atoms with van der Waals surface area (Å²) in [5.74, 6) is 0.202. The molecule has 0 aliphatic carbocycles. The van der Waals surface area contributed by atoms with E-state index in [2.05, 4.69) is 9.97 Å². The molecule has 0 spiro atoms. The van der Waals surface area contributed by atoms with E-state index < -0.39 is 6.17 Å². The molecule has 1 aliphatic rings. The second kappa shape index (κ2) is 4.83. The van der Waals surface area contributed by atoms with Crippen molar-refractivity contribution in [2.24, 2.45) is 9.98 Å². The molecule has 5 nitrogen and oxygen atoms in total. The SMILES string of the molecule is Oc1ccccc1C1N=c2c(c3cccnc3c3ncccc23)=N1. The van der Waals surface area contributed by atoms with E-state index in [1.807, 2.05) is 36.4 Å². The lowest BCUT2D eigenvalue weighted by molar-refractivity contribution is 0.462. The van der Waals surface area contributed by atoms with Gasteiger partial charge in [0.2, 0.25) is 0 Å². The second-order valence-corrected chi connectivity index (χ2v) is 5.69. The Balaban J connectivity index is 1.93. The number of aromatic nitrogens is 2. The van der Waals surface area contributed by atoms with Crippen LogP contribution in [0.25, 0.3) is 21.8 Å². The predicted octanol–water partition coefficient (Wildman–Crippen LogP) is 2.44. The molecular formula is C19H12N4O. The summed E-state index contributed by atoms with van der Waals surface area (Å²) in [7, 11) is 0. The highest BCUT2D eigenvalue weighted by molar-refractivity contribution is 6.02. The van der Waals surface area contributed by atoms with Crippen LogP contribution in [0.1, 0.15) is 11.7 Å². The quantitative estimate of drug-likeness (QED) is 0.549. The summed E-state index contributed by atoms with van der Waals surface area (Å²) in [6.45, 7) is 0. The first kappa shape index (κ1) is 13.1. The van der Waals surface area contributed by atoms with Gasteiger partial charge < -0.3 is 5.11 Å². The molecule has 2 aromatic heterocycles. The summed E-state index contributed by atoms with van der Waals surface area (Å²) in [5, 5.41) is 13.6. The lowest BCUT2D eigenvalue weighted by Crippen LogP contribution is -2.24. The van der Waals surface area contributed by atoms with Gasteiger partial charge in [-0.05, 0) is 30.3 Å². The molecule has 2 aromatic carbocycles. The number of hydrogen-bond acceptors (Lipinski definition) is 5. The normalized spacial score (nSPS) is 13.7. The number of pyridine rings is 2. The zero-order chi connectivity index (χ0) is 16.1. The number of aromatic hydroxyl groups is 1. The number of rotatable bonds is 1. The number of hydrogen-bond donors (Lipinski definition) is 1. The largest absolute Gasteiger partial charge is 0.508 e. The Morgan fingerprint density at radius 1 is 0.708 bits per heavy atom. The van der Waals surface area contributed by atoms with Gasteiger partial charge in [-0.3, -0.25) is 20.0 Å². The molecule has 0 saturated heterocycles. The zero-order valence-electron chi connectivity index (χ0n) is 12.6. The summed E-state index contributed by atoms with van der Waals surface area (Å²) in [6, 6.07) is 14.9. The Morgan fingerprint density at radius 2 is 1.29 bits per heavy atom. The first-order chi connectivity index (χ1) is 11.8. The molecule has 1 N–H and O–H groups in total. The molecule has 3 heterocycles. The Labute approximate surface area is 136 Å². The molecule has 4 aromatic rings. The van der Waals surface area contributed by atoms with Gasteiger partial charge >= 0.3 is 0 Å². The van der Waals surface area contributed by atoms with E-state index in [0.717, 1.165) is 32.5 Å². The van der Waals surface area contributed by atoms with Gasteiger partial charge in [0.25, 0.3) is 0 Å². The Bertz CT molecular complexity index is 1160. The predicted molar refractivity (Wildman–Crippen MR) is 90.2 cm³/mol. The molecule has 0 unspecified atom stereocenters. The molecule has 5 heteroatoms. The number of fused-ring (bicyclic) bond motifs is 6. The molecule has 5 rings (SSSR count). The van der Waals surface area contributed by atoms with Crippen LogP contribution >= 0.6 is 0 Å². The average molecular weight is 312 g/mol. The molecule has 0 saturated carbocycles. The summed E-state index contributed by atoms with van der Waals surface area (Å²) < 4.78 is 0. The Hall–Kier alpha value is -3.34. The van der Waals surface area contributed by atoms with Crippen molar-refractivity contribution in [3.05, 3.63) is 77.2 Å². The highest BCUT2D eigenvalue weighted by Crippen LogP contribution is 2.29. The van der Waals surface area contributed by atoms with Crippen LogP contribution in [-0.4, -0.2) is 15.1 Å². The van der Waals surface area contributed by atoms with Crippen LogP contribution in [0.4, 0.5) is 0 Å². The minimum Gasteiger partial charge on any atom is -0.508 e. The maximum atomic E-state index is 10.1. The standard InChI is InChI=1S/C19H12N4O/c24-14-8-2-1-5-11(14)19-22-17-12-6-3-9-20-15(12)16-13(18(17)23-19)7-4-10-21-16/h1-10,19,24H. The second-order valence-electron chi connectivity index (χ2n) is 5.69. The van der Waals surface area contributed by atoms with Crippen LogP contribution in [-0.2, 0) is 0 Å². The third kappa shape index (κ3) is 1.75. The molecule has 0 atom stereocenters. The van der Waals surface area contributed by atoms with Gasteiger partial charge in [-0.15, -0.1) is 0 Å². The van der Waals surface area contributed by atoms with Crippen molar-refractivity contribution >= 4 is 21.8 Å². The molecule has 0 radical (unpaired) electrons. The van der Waals surface area contributed by atoms with Crippen LogP contribution in [0.3, 0.4) is 0 Å². The van der Waals surface area contributed by atoms with E-state index in [1.54, 1.807) is 24.5 Å². The monoisotopic (exact) mass is 312 g/mol. The first-order valence-electron chi connectivity index (χ1n) is 7.68. The molecule has 24 heavy (non-hydrogen) atoms. The van der Waals surface area contributed by atoms with Crippen LogP contribution < -0.4 is 10.7 Å². The minimum absolute atomic E-state index is 0.202. The lowest BCUT2D eigenvalue weighted by atomic mass is 10.1. The fourth-order valence-electron chi connectivity index (χ4n) is 3.21. The smallest absolute Gasteiger partial charge is 0.170 e. The summed E-state index contributed by atoms with van der Waals surface area (Å²) in [5.41, 5.74) is 2.34. The maximum Gasteiger partial charge on any atom is 0.170 e. The number of nitrogens with zero attached hydrogens (tertiary/aromatic N) is 4. The maximum absolute atomic E-state index is 10.1. The highest BCUT2D eigenvalue weighted by Gasteiger charge is 2.20. The van der Waals surface area contributed by atoms with Crippen molar-refractivity contribution in [1.82, 2.24) is 9.97 Å². The van der Waals surface area contributed by atoms with Crippen LogP contribution in [0.2, 0.25) is 0 Å². The summed E-state index contributed by atoms with van der Waals surface area (Å²) >= 11 is 0. The van der Waals surface area contributed by atoms with Crippen molar-refractivity contribution in [3.63, 3.8) is 0 Å². The van der Waals surface area contributed by atoms with Crippen LogP contribution in [0.15, 0.2) is 70.9 Å².